The van der Waals surface area contributed by atoms with Crippen LogP contribution < -0.4 is 5.32 Å². The minimum Gasteiger partial charge on any atom is -0.343 e. The van der Waals surface area contributed by atoms with Crippen molar-refractivity contribution in [2.75, 3.05) is 6.54 Å². The molecule has 2 heteroatoms. The Hall–Kier alpha value is -2.84. The first kappa shape index (κ1) is 17.6. The van der Waals surface area contributed by atoms with Gasteiger partial charge in [0.2, 0.25) is 0 Å². The van der Waals surface area contributed by atoms with Crippen molar-refractivity contribution in [3.63, 3.8) is 0 Å². The highest BCUT2D eigenvalue weighted by molar-refractivity contribution is 5.84. The van der Waals surface area contributed by atoms with Crippen molar-refractivity contribution >= 4 is 10.9 Å². The van der Waals surface area contributed by atoms with E-state index in [1.54, 1.807) is 0 Å². The van der Waals surface area contributed by atoms with Crippen molar-refractivity contribution in [3.05, 3.63) is 107 Å². The summed E-state index contributed by atoms with van der Waals surface area (Å²) in [6.07, 6.45) is 3.36. The zero-order valence-electron chi connectivity index (χ0n) is 15.9. The van der Waals surface area contributed by atoms with Crippen molar-refractivity contribution in [1.82, 2.24) is 9.88 Å². The van der Waals surface area contributed by atoms with E-state index in [4.69, 9.17) is 0 Å². The van der Waals surface area contributed by atoms with Crippen LogP contribution in [0, 0.1) is 6.92 Å². The minimum absolute atomic E-state index is 0.897. The van der Waals surface area contributed by atoms with Gasteiger partial charge in [-0.3, -0.25) is 0 Å². The normalized spacial score (nSPS) is 11.1. The Morgan fingerprint density at radius 3 is 2.33 bits per heavy atom. The van der Waals surface area contributed by atoms with Crippen LogP contribution in [0.3, 0.4) is 0 Å². The summed E-state index contributed by atoms with van der Waals surface area (Å²) in [4.78, 5) is 0. The van der Waals surface area contributed by atoms with Crippen molar-refractivity contribution in [3.8, 4) is 0 Å². The van der Waals surface area contributed by atoms with E-state index in [9.17, 15) is 0 Å². The first-order valence-electron chi connectivity index (χ1n) is 9.66. The third-order valence-corrected chi connectivity index (χ3v) is 5.09. The average molecular weight is 354 g/mol. The molecule has 0 fully saturated rings. The predicted octanol–water partition coefficient (Wildman–Crippen LogP) is 5.33. The smallest absolute Gasteiger partial charge is 0.0486 e. The van der Waals surface area contributed by atoms with Crippen LogP contribution in [-0.4, -0.2) is 11.1 Å². The van der Waals surface area contributed by atoms with Crippen molar-refractivity contribution in [1.29, 1.82) is 0 Å². The Kier molecular flexibility index (Phi) is 5.36. The third-order valence-electron chi connectivity index (χ3n) is 5.09. The van der Waals surface area contributed by atoms with Crippen LogP contribution in [0.15, 0.2) is 85.1 Å². The van der Waals surface area contributed by atoms with Crippen LogP contribution in [0.2, 0.25) is 0 Å². The molecule has 0 saturated carbocycles. The quantitative estimate of drug-likeness (QED) is 0.444. The minimum atomic E-state index is 0.897. The molecule has 0 aliphatic rings. The summed E-state index contributed by atoms with van der Waals surface area (Å²) >= 11 is 0. The largest absolute Gasteiger partial charge is 0.343 e. The zero-order chi connectivity index (χ0) is 18.5. The molecule has 0 spiro atoms. The fourth-order valence-electron chi connectivity index (χ4n) is 3.59. The molecule has 0 bridgehead atoms. The Morgan fingerprint density at radius 2 is 1.52 bits per heavy atom. The van der Waals surface area contributed by atoms with E-state index in [2.05, 4.69) is 102 Å². The number of aryl methyl sites for hydroxylation is 1. The van der Waals surface area contributed by atoms with Gasteiger partial charge in [0.1, 0.15) is 0 Å². The van der Waals surface area contributed by atoms with Gasteiger partial charge in [0.25, 0.3) is 0 Å². The maximum absolute atomic E-state index is 3.61. The summed E-state index contributed by atoms with van der Waals surface area (Å²) < 4.78 is 2.37. The molecule has 3 aromatic carbocycles. The van der Waals surface area contributed by atoms with Gasteiger partial charge in [0, 0.05) is 30.2 Å². The number of hydrogen-bond acceptors (Lipinski definition) is 1. The zero-order valence-corrected chi connectivity index (χ0v) is 15.9. The van der Waals surface area contributed by atoms with Gasteiger partial charge in [-0.05, 0) is 42.6 Å². The highest BCUT2D eigenvalue weighted by Crippen LogP contribution is 2.22. The van der Waals surface area contributed by atoms with Gasteiger partial charge in [0.15, 0.2) is 0 Å². The summed E-state index contributed by atoms with van der Waals surface area (Å²) in [7, 11) is 0. The van der Waals surface area contributed by atoms with E-state index >= 15 is 0 Å². The van der Waals surface area contributed by atoms with E-state index in [0.29, 0.717) is 0 Å². The van der Waals surface area contributed by atoms with Gasteiger partial charge < -0.3 is 9.88 Å². The molecule has 0 radical (unpaired) electrons. The van der Waals surface area contributed by atoms with Crippen LogP contribution >= 0.6 is 0 Å². The second kappa shape index (κ2) is 8.24. The van der Waals surface area contributed by atoms with E-state index in [0.717, 1.165) is 26.1 Å². The molecule has 1 heterocycles. The summed E-state index contributed by atoms with van der Waals surface area (Å²) in [6.45, 7) is 4.93. The monoisotopic (exact) mass is 354 g/mol. The summed E-state index contributed by atoms with van der Waals surface area (Å²) in [6, 6.07) is 28.2. The maximum Gasteiger partial charge on any atom is 0.0486 e. The molecular weight excluding hydrogens is 328 g/mol. The van der Waals surface area contributed by atoms with Gasteiger partial charge >= 0.3 is 0 Å². The van der Waals surface area contributed by atoms with Crippen molar-refractivity contribution < 1.29 is 0 Å². The lowest BCUT2D eigenvalue weighted by molar-refractivity contribution is 0.686. The topological polar surface area (TPSA) is 17.0 Å². The lowest BCUT2D eigenvalue weighted by Gasteiger charge is -2.06. The molecule has 0 amide bonds. The van der Waals surface area contributed by atoms with Gasteiger partial charge in [0.05, 0.1) is 0 Å². The second-order valence-corrected chi connectivity index (χ2v) is 7.20. The van der Waals surface area contributed by atoms with E-state index in [1.807, 2.05) is 0 Å². The summed E-state index contributed by atoms with van der Waals surface area (Å²) in [5.41, 5.74) is 6.69. The highest BCUT2D eigenvalue weighted by atomic mass is 15.0. The summed E-state index contributed by atoms with van der Waals surface area (Å²) in [5, 5.41) is 4.96. The van der Waals surface area contributed by atoms with E-state index in [1.165, 1.54) is 33.2 Å². The van der Waals surface area contributed by atoms with Gasteiger partial charge in [-0.25, -0.2) is 0 Å². The van der Waals surface area contributed by atoms with Crippen LogP contribution in [0.25, 0.3) is 10.9 Å². The molecule has 0 aliphatic carbocycles. The molecule has 1 aromatic heterocycles. The standard InChI is InChI=1S/C25H26N2/c1-20-11-13-22(14-12-20)18-27-19-23(24-9-5-6-10-25(24)27)17-26-16-15-21-7-3-2-4-8-21/h2-14,19,26H,15-18H2,1H3. The van der Waals surface area contributed by atoms with E-state index in [-0.39, 0.29) is 0 Å². The molecule has 1 N–H and O–H groups in total. The van der Waals surface area contributed by atoms with Gasteiger partial charge in [-0.2, -0.15) is 0 Å². The predicted molar refractivity (Wildman–Crippen MR) is 114 cm³/mol. The molecule has 0 atom stereocenters. The number of para-hydroxylation sites is 1. The van der Waals surface area contributed by atoms with Crippen LogP contribution in [0.4, 0.5) is 0 Å². The number of fused-ring (bicyclic) bond motifs is 1. The third kappa shape index (κ3) is 4.29. The number of benzene rings is 3. The molecule has 4 aromatic rings. The Labute approximate surface area is 161 Å². The second-order valence-electron chi connectivity index (χ2n) is 7.20. The van der Waals surface area contributed by atoms with Crippen molar-refractivity contribution in [2.24, 2.45) is 0 Å². The van der Waals surface area contributed by atoms with Crippen LogP contribution in [0.1, 0.15) is 22.3 Å². The van der Waals surface area contributed by atoms with Crippen LogP contribution in [-0.2, 0) is 19.5 Å². The molecule has 4 rings (SSSR count). The molecule has 27 heavy (non-hydrogen) atoms. The number of hydrogen-bond donors (Lipinski definition) is 1. The van der Waals surface area contributed by atoms with Crippen molar-refractivity contribution in [2.45, 2.75) is 26.4 Å². The Balaban J connectivity index is 1.47. The first-order valence-corrected chi connectivity index (χ1v) is 9.66. The van der Waals surface area contributed by atoms with Gasteiger partial charge in [-0.1, -0.05) is 78.4 Å². The average Bonchev–Trinajstić information content (AvgIpc) is 3.06. The number of aromatic nitrogens is 1. The SMILES string of the molecule is Cc1ccc(Cn2cc(CNCCc3ccccc3)c3ccccc32)cc1. The summed E-state index contributed by atoms with van der Waals surface area (Å²) in [5.74, 6) is 0. The fourth-order valence-corrected chi connectivity index (χ4v) is 3.59. The molecule has 2 nitrogen and oxygen atoms in total. The lowest BCUT2D eigenvalue weighted by atomic mass is 10.1. The number of rotatable bonds is 7. The maximum atomic E-state index is 3.61. The molecule has 0 aliphatic heterocycles. The molecule has 0 unspecified atom stereocenters. The van der Waals surface area contributed by atoms with Gasteiger partial charge in [-0.15, -0.1) is 0 Å². The fraction of sp³-hybridized carbons (Fsp3) is 0.200. The number of nitrogens with one attached hydrogen (secondary N) is 1. The molecule has 136 valence electrons. The highest BCUT2D eigenvalue weighted by Gasteiger charge is 2.08. The van der Waals surface area contributed by atoms with Crippen LogP contribution in [0.5, 0.6) is 0 Å². The first-order chi connectivity index (χ1) is 13.3. The lowest BCUT2D eigenvalue weighted by Crippen LogP contribution is -2.16. The number of nitrogens with zero attached hydrogens (tertiary/aromatic N) is 1. The Morgan fingerprint density at radius 1 is 0.778 bits per heavy atom. The van der Waals surface area contributed by atoms with E-state index < -0.39 is 0 Å². The molecular formula is C25H26N2. The Bertz CT molecular complexity index is 998. The molecule has 0 saturated heterocycles.